The van der Waals surface area contributed by atoms with Crippen molar-refractivity contribution in [1.29, 1.82) is 5.26 Å². The van der Waals surface area contributed by atoms with Gasteiger partial charge >= 0.3 is 0 Å². The second-order valence-electron chi connectivity index (χ2n) is 6.20. The molecule has 0 N–H and O–H groups in total. The summed E-state index contributed by atoms with van der Waals surface area (Å²) in [7, 11) is 0. The second-order valence-corrected chi connectivity index (χ2v) is 7.97. The van der Waals surface area contributed by atoms with Crippen molar-refractivity contribution in [3.05, 3.63) is 99.3 Å². The summed E-state index contributed by atoms with van der Waals surface area (Å²) in [5, 5.41) is 12.2. The van der Waals surface area contributed by atoms with Crippen molar-refractivity contribution in [2.45, 2.75) is 0 Å². The molecule has 3 nitrogen and oxygen atoms in total. The predicted molar refractivity (Wildman–Crippen MR) is 122 cm³/mol. The van der Waals surface area contributed by atoms with Crippen LogP contribution in [0.1, 0.15) is 10.6 Å². The van der Waals surface area contributed by atoms with Gasteiger partial charge in [-0.2, -0.15) is 5.26 Å². The topological polar surface area (TPSA) is 45.9 Å². The van der Waals surface area contributed by atoms with Crippen LogP contribution in [0.3, 0.4) is 0 Å². The van der Waals surface area contributed by atoms with E-state index in [2.05, 4.69) is 27.0 Å². The van der Waals surface area contributed by atoms with Gasteiger partial charge in [0, 0.05) is 15.4 Å². The molecule has 0 unspecified atom stereocenters. The lowest BCUT2D eigenvalue weighted by molar-refractivity contribution is 0.483. The van der Waals surface area contributed by atoms with E-state index in [1.165, 1.54) is 11.3 Å². The molecule has 0 aliphatic heterocycles. The minimum Gasteiger partial charge on any atom is -0.457 e. The van der Waals surface area contributed by atoms with Crippen LogP contribution in [0.25, 0.3) is 22.9 Å². The number of halogens is 1. The van der Waals surface area contributed by atoms with E-state index in [0.717, 1.165) is 32.8 Å². The number of thiazole rings is 1. The van der Waals surface area contributed by atoms with Gasteiger partial charge in [-0.25, -0.2) is 4.98 Å². The van der Waals surface area contributed by atoms with Gasteiger partial charge in [-0.15, -0.1) is 11.3 Å². The number of hydrogen-bond acceptors (Lipinski definition) is 4. The lowest BCUT2D eigenvalue weighted by Crippen LogP contribution is -1.85. The van der Waals surface area contributed by atoms with Crippen molar-refractivity contribution in [3.63, 3.8) is 0 Å². The van der Waals surface area contributed by atoms with Crippen LogP contribution in [0.15, 0.2) is 88.7 Å². The summed E-state index contributed by atoms with van der Waals surface area (Å²) in [6.07, 6.45) is 1.85. The zero-order valence-corrected chi connectivity index (χ0v) is 17.7. The monoisotopic (exact) mass is 458 g/mol. The number of benzene rings is 3. The highest BCUT2D eigenvalue weighted by molar-refractivity contribution is 9.10. The summed E-state index contributed by atoms with van der Waals surface area (Å²) in [5.74, 6) is 1.57. The average Bonchev–Trinajstić information content (AvgIpc) is 3.25. The Morgan fingerprint density at radius 3 is 2.31 bits per heavy atom. The van der Waals surface area contributed by atoms with Crippen molar-refractivity contribution < 1.29 is 4.74 Å². The predicted octanol–water partition coefficient (Wildman–Crippen LogP) is 7.43. The molecule has 0 aliphatic carbocycles. The number of rotatable bonds is 5. The van der Waals surface area contributed by atoms with Crippen LogP contribution in [0.2, 0.25) is 0 Å². The molecule has 0 saturated heterocycles. The number of para-hydroxylation sites is 1. The number of ether oxygens (including phenoxy) is 1. The van der Waals surface area contributed by atoms with E-state index in [1.807, 2.05) is 90.3 Å². The summed E-state index contributed by atoms with van der Waals surface area (Å²) in [6, 6.07) is 27.5. The Kier molecular flexibility index (Phi) is 5.85. The molecule has 0 aliphatic rings. The van der Waals surface area contributed by atoms with Crippen LogP contribution >= 0.6 is 27.3 Å². The molecule has 4 aromatic rings. The summed E-state index contributed by atoms with van der Waals surface area (Å²) in [4.78, 5) is 4.66. The first-order chi connectivity index (χ1) is 14.2. The molecule has 3 aromatic carbocycles. The maximum Gasteiger partial charge on any atom is 0.134 e. The maximum atomic E-state index is 9.57. The van der Waals surface area contributed by atoms with Gasteiger partial charge in [0.25, 0.3) is 0 Å². The third kappa shape index (κ3) is 4.80. The highest BCUT2D eigenvalue weighted by Gasteiger charge is 2.09. The lowest BCUT2D eigenvalue weighted by Gasteiger charge is -2.05. The minimum absolute atomic E-state index is 0.549. The molecule has 1 aromatic heterocycles. The fourth-order valence-corrected chi connectivity index (χ4v) is 3.77. The van der Waals surface area contributed by atoms with E-state index in [-0.39, 0.29) is 0 Å². The van der Waals surface area contributed by atoms with Crippen molar-refractivity contribution in [2.75, 3.05) is 0 Å². The Balaban J connectivity index is 1.53. The van der Waals surface area contributed by atoms with Gasteiger partial charge in [0.2, 0.25) is 0 Å². The molecular formula is C24H15BrN2OS. The van der Waals surface area contributed by atoms with Crippen molar-refractivity contribution in [3.8, 4) is 28.8 Å². The molecule has 0 radical (unpaired) electrons. The summed E-state index contributed by atoms with van der Waals surface area (Å²) < 4.78 is 6.84. The second kappa shape index (κ2) is 8.87. The summed E-state index contributed by atoms with van der Waals surface area (Å²) >= 11 is 4.89. The quantitative estimate of drug-likeness (QED) is 0.292. The first-order valence-electron chi connectivity index (χ1n) is 8.88. The Bertz CT molecular complexity index is 1170. The van der Waals surface area contributed by atoms with E-state index in [1.54, 1.807) is 0 Å². The highest BCUT2D eigenvalue weighted by atomic mass is 79.9. The van der Waals surface area contributed by atoms with Gasteiger partial charge in [-0.05, 0) is 60.2 Å². The fourth-order valence-electron chi connectivity index (χ4n) is 2.72. The van der Waals surface area contributed by atoms with Crippen molar-refractivity contribution in [1.82, 2.24) is 4.98 Å². The molecule has 0 spiro atoms. The number of allylic oxidation sites excluding steroid dienone is 1. The first-order valence-corrected chi connectivity index (χ1v) is 10.5. The molecular weight excluding hydrogens is 444 g/mol. The number of aromatic nitrogens is 1. The molecule has 4 rings (SSSR count). The highest BCUT2D eigenvalue weighted by Crippen LogP contribution is 2.29. The Labute approximate surface area is 181 Å². The SMILES string of the molecule is N#CC(=Cc1ccc(Br)cc1)c1nc(-c2ccc(Oc3ccccc3)cc2)cs1. The van der Waals surface area contributed by atoms with Gasteiger partial charge in [0.05, 0.1) is 11.3 Å². The number of nitrogens with zero attached hydrogens (tertiary/aromatic N) is 2. The Hall–Kier alpha value is -3.20. The summed E-state index contributed by atoms with van der Waals surface area (Å²) in [5.41, 5.74) is 3.33. The number of nitriles is 1. The maximum absolute atomic E-state index is 9.57. The van der Waals surface area contributed by atoms with Gasteiger partial charge in [0.1, 0.15) is 22.6 Å². The van der Waals surface area contributed by atoms with E-state index >= 15 is 0 Å². The van der Waals surface area contributed by atoms with Crippen LogP contribution in [0, 0.1) is 11.3 Å². The standard InChI is InChI=1S/C24H15BrN2OS/c25-20-10-6-17(7-11-20)14-19(15-26)24-27-23(16-29-24)18-8-12-22(13-9-18)28-21-4-2-1-3-5-21/h1-14,16H. The van der Waals surface area contributed by atoms with E-state index < -0.39 is 0 Å². The van der Waals surface area contributed by atoms with Crippen molar-refractivity contribution >= 4 is 38.9 Å². The normalized spacial score (nSPS) is 11.1. The Morgan fingerprint density at radius 1 is 0.931 bits per heavy atom. The molecule has 0 amide bonds. The van der Waals surface area contributed by atoms with Gasteiger partial charge < -0.3 is 4.74 Å². The lowest BCUT2D eigenvalue weighted by atomic mass is 10.1. The molecule has 1 heterocycles. The van der Waals surface area contributed by atoms with Gasteiger partial charge in [-0.1, -0.05) is 46.3 Å². The van der Waals surface area contributed by atoms with Crippen LogP contribution in [-0.2, 0) is 0 Å². The largest absolute Gasteiger partial charge is 0.457 e. The van der Waals surface area contributed by atoms with E-state index in [9.17, 15) is 5.26 Å². The van der Waals surface area contributed by atoms with E-state index in [0.29, 0.717) is 10.6 Å². The third-order valence-corrected chi connectivity index (χ3v) is 5.57. The van der Waals surface area contributed by atoms with Crippen LogP contribution in [0.4, 0.5) is 0 Å². The van der Waals surface area contributed by atoms with Gasteiger partial charge in [0.15, 0.2) is 0 Å². The van der Waals surface area contributed by atoms with Crippen LogP contribution in [-0.4, -0.2) is 4.98 Å². The molecule has 140 valence electrons. The zero-order chi connectivity index (χ0) is 20.1. The van der Waals surface area contributed by atoms with E-state index in [4.69, 9.17) is 4.74 Å². The Morgan fingerprint density at radius 2 is 1.62 bits per heavy atom. The number of hydrogen-bond donors (Lipinski definition) is 0. The molecule has 5 heteroatoms. The zero-order valence-electron chi connectivity index (χ0n) is 15.2. The molecule has 0 fully saturated rings. The average molecular weight is 459 g/mol. The molecule has 0 atom stereocenters. The fraction of sp³-hybridized carbons (Fsp3) is 0. The van der Waals surface area contributed by atoms with Gasteiger partial charge in [-0.3, -0.25) is 0 Å². The van der Waals surface area contributed by atoms with Crippen LogP contribution in [0.5, 0.6) is 11.5 Å². The molecule has 29 heavy (non-hydrogen) atoms. The molecule has 0 bridgehead atoms. The minimum atomic E-state index is 0.549. The van der Waals surface area contributed by atoms with Crippen LogP contribution < -0.4 is 4.74 Å². The smallest absolute Gasteiger partial charge is 0.134 e. The van der Waals surface area contributed by atoms with Crippen molar-refractivity contribution in [2.24, 2.45) is 0 Å². The summed E-state index contributed by atoms with van der Waals surface area (Å²) in [6.45, 7) is 0. The third-order valence-electron chi connectivity index (χ3n) is 4.17. The molecule has 0 saturated carbocycles. The first kappa shape index (κ1) is 19.1.